The molecule has 1 rings (SSSR count). The van der Waals surface area contributed by atoms with Crippen LogP contribution in [0.25, 0.3) is 0 Å². The molecule has 0 bridgehead atoms. The van der Waals surface area contributed by atoms with Gasteiger partial charge in [-0.1, -0.05) is 0 Å². The quantitative estimate of drug-likeness (QED) is 0.330. The Balaban J connectivity index is 2.71. The van der Waals surface area contributed by atoms with Gasteiger partial charge in [0.15, 0.2) is 0 Å². The number of nitrogens with zero attached hydrogens (tertiary/aromatic N) is 1. The monoisotopic (exact) mass is 271 g/mol. The van der Waals surface area contributed by atoms with Crippen molar-refractivity contribution in [1.29, 1.82) is 0 Å². The van der Waals surface area contributed by atoms with Crippen LogP contribution in [0.4, 0.5) is 0 Å². The average molecular weight is 271 g/mol. The van der Waals surface area contributed by atoms with Crippen molar-refractivity contribution in [1.82, 2.24) is 0 Å². The highest BCUT2D eigenvalue weighted by Gasteiger charge is 2.16. The Morgan fingerprint density at radius 3 is 2.68 bits per heavy atom. The van der Waals surface area contributed by atoms with Gasteiger partial charge in [0.05, 0.1) is 26.9 Å². The molecule has 0 aromatic carbocycles. The first-order valence-electron chi connectivity index (χ1n) is 5.92. The lowest BCUT2D eigenvalue weighted by atomic mass is 10.2. The predicted octanol–water partition coefficient (Wildman–Crippen LogP) is 1.14. The largest absolute Gasteiger partial charge is 0.479 e. The summed E-state index contributed by atoms with van der Waals surface area (Å²) in [5.74, 6) is -1.50. The number of oxime groups is 1. The third-order valence-electron chi connectivity index (χ3n) is 2.39. The van der Waals surface area contributed by atoms with Crippen molar-refractivity contribution in [3.05, 3.63) is 11.8 Å². The van der Waals surface area contributed by atoms with Crippen LogP contribution in [0.5, 0.6) is 0 Å². The van der Waals surface area contributed by atoms with Crippen LogP contribution >= 0.6 is 0 Å². The molecule has 7 nitrogen and oxygen atoms in total. The number of hydrogen-bond acceptors (Lipinski definition) is 7. The minimum atomic E-state index is -0.816. The van der Waals surface area contributed by atoms with E-state index in [1.165, 1.54) is 14.2 Å². The molecule has 106 valence electrons. The Kier molecular flexibility index (Phi) is 6.42. The first kappa shape index (κ1) is 15.0. The van der Waals surface area contributed by atoms with Crippen molar-refractivity contribution in [3.8, 4) is 0 Å². The van der Waals surface area contributed by atoms with E-state index in [1.54, 1.807) is 0 Å². The van der Waals surface area contributed by atoms with E-state index in [2.05, 4.69) is 14.6 Å². The molecule has 0 aromatic rings. The van der Waals surface area contributed by atoms with E-state index >= 15 is 0 Å². The zero-order valence-electron chi connectivity index (χ0n) is 11.0. The molecule has 0 aliphatic carbocycles. The van der Waals surface area contributed by atoms with Gasteiger partial charge in [0.2, 0.25) is 11.7 Å². The summed E-state index contributed by atoms with van der Waals surface area (Å²) >= 11 is 0. The van der Waals surface area contributed by atoms with Gasteiger partial charge in [0.1, 0.15) is 0 Å². The van der Waals surface area contributed by atoms with Gasteiger partial charge in [0, 0.05) is 6.42 Å². The van der Waals surface area contributed by atoms with E-state index in [4.69, 9.17) is 9.57 Å². The van der Waals surface area contributed by atoms with Crippen LogP contribution in [0, 0.1) is 0 Å². The lowest BCUT2D eigenvalue weighted by Gasteiger charge is -2.05. The topological polar surface area (TPSA) is 83.4 Å². The summed E-state index contributed by atoms with van der Waals surface area (Å²) in [7, 11) is 2.36. The summed E-state index contributed by atoms with van der Waals surface area (Å²) < 4.78 is 14.2. The predicted molar refractivity (Wildman–Crippen MR) is 65.1 cm³/mol. The average Bonchev–Trinajstić information content (AvgIpc) is 2.70. The Labute approximate surface area is 111 Å². The molecular weight excluding hydrogens is 254 g/mol. The maximum atomic E-state index is 11.4. The molecule has 0 radical (unpaired) electrons. The van der Waals surface area contributed by atoms with Gasteiger partial charge >= 0.3 is 11.9 Å². The standard InChI is InChI=1S/C12H17NO6/c1-16-11(14)8-9(12(15)17-2)19-13-10-6-4-3-5-7-18-10/h8H,3-7H2,1-2H3/b9-8-,13-10+. The van der Waals surface area contributed by atoms with Crippen molar-refractivity contribution in [3.63, 3.8) is 0 Å². The molecule has 0 N–H and O–H groups in total. The number of ether oxygens (including phenoxy) is 3. The number of carbonyl (C=O) groups is 2. The van der Waals surface area contributed by atoms with Crippen molar-refractivity contribution >= 4 is 17.8 Å². The van der Waals surface area contributed by atoms with Crippen molar-refractivity contribution in [2.24, 2.45) is 5.16 Å². The Bertz CT molecular complexity index is 378. The summed E-state index contributed by atoms with van der Waals surface area (Å²) in [4.78, 5) is 27.4. The fourth-order valence-corrected chi connectivity index (χ4v) is 1.38. The number of hydrogen-bond donors (Lipinski definition) is 0. The molecule has 1 aliphatic heterocycles. The normalized spacial score (nSPS) is 18.2. The Morgan fingerprint density at radius 2 is 2.00 bits per heavy atom. The van der Waals surface area contributed by atoms with Crippen molar-refractivity contribution in [2.75, 3.05) is 20.8 Å². The summed E-state index contributed by atoms with van der Waals surface area (Å²) in [6.07, 6.45) is 4.46. The summed E-state index contributed by atoms with van der Waals surface area (Å²) in [6.45, 7) is 0.566. The minimum absolute atomic E-state index is 0.352. The van der Waals surface area contributed by atoms with Gasteiger partial charge in [0.25, 0.3) is 0 Å². The Morgan fingerprint density at radius 1 is 1.21 bits per heavy atom. The SMILES string of the molecule is COC(=O)/C=C(\O/N=C1\CCCCCO1)C(=O)OC. The molecule has 7 heteroatoms. The van der Waals surface area contributed by atoms with E-state index in [0.29, 0.717) is 18.9 Å². The van der Waals surface area contributed by atoms with Crippen LogP contribution in [0.1, 0.15) is 25.7 Å². The summed E-state index contributed by atoms with van der Waals surface area (Å²) in [5.41, 5.74) is 0. The molecule has 0 saturated carbocycles. The molecular formula is C12H17NO6. The van der Waals surface area contributed by atoms with Gasteiger partial charge < -0.3 is 19.0 Å². The van der Waals surface area contributed by atoms with E-state index in [-0.39, 0.29) is 5.76 Å². The Hall–Kier alpha value is -2.05. The van der Waals surface area contributed by atoms with E-state index < -0.39 is 11.9 Å². The zero-order valence-corrected chi connectivity index (χ0v) is 11.0. The number of rotatable bonds is 4. The van der Waals surface area contributed by atoms with Gasteiger partial charge in [-0.25, -0.2) is 9.59 Å². The molecule has 0 unspecified atom stereocenters. The summed E-state index contributed by atoms with van der Waals surface area (Å²) in [6, 6.07) is 0. The van der Waals surface area contributed by atoms with Crippen LogP contribution in [-0.2, 0) is 28.6 Å². The van der Waals surface area contributed by atoms with Crippen LogP contribution in [0.2, 0.25) is 0 Å². The highest BCUT2D eigenvalue weighted by Crippen LogP contribution is 2.10. The zero-order chi connectivity index (χ0) is 14.1. The second-order valence-electron chi connectivity index (χ2n) is 3.76. The van der Waals surface area contributed by atoms with Crippen molar-refractivity contribution < 1.29 is 28.6 Å². The molecule has 1 fully saturated rings. The second kappa shape index (κ2) is 8.12. The maximum absolute atomic E-state index is 11.4. The van der Waals surface area contributed by atoms with Gasteiger partial charge in [-0.05, 0) is 24.4 Å². The number of carbonyl (C=O) groups excluding carboxylic acids is 2. The lowest BCUT2D eigenvalue weighted by Crippen LogP contribution is -2.11. The van der Waals surface area contributed by atoms with Gasteiger partial charge in [-0.2, -0.15) is 0 Å². The molecule has 19 heavy (non-hydrogen) atoms. The van der Waals surface area contributed by atoms with Gasteiger partial charge in [-0.3, -0.25) is 0 Å². The smallest absolute Gasteiger partial charge is 0.377 e. The molecule has 0 spiro atoms. The van der Waals surface area contributed by atoms with E-state index in [9.17, 15) is 9.59 Å². The highest BCUT2D eigenvalue weighted by atomic mass is 16.7. The fourth-order valence-electron chi connectivity index (χ4n) is 1.38. The maximum Gasteiger partial charge on any atom is 0.377 e. The summed E-state index contributed by atoms with van der Waals surface area (Å²) in [5, 5.41) is 3.72. The van der Waals surface area contributed by atoms with Crippen LogP contribution in [-0.4, -0.2) is 38.7 Å². The second-order valence-corrected chi connectivity index (χ2v) is 3.76. The first-order valence-corrected chi connectivity index (χ1v) is 5.92. The van der Waals surface area contributed by atoms with Gasteiger partial charge in [-0.15, -0.1) is 0 Å². The molecule has 1 saturated heterocycles. The molecule has 0 aromatic heterocycles. The van der Waals surface area contributed by atoms with Crippen LogP contribution in [0.3, 0.4) is 0 Å². The minimum Gasteiger partial charge on any atom is -0.479 e. The lowest BCUT2D eigenvalue weighted by molar-refractivity contribution is -0.142. The molecule has 0 amide bonds. The molecule has 1 aliphatic rings. The van der Waals surface area contributed by atoms with Crippen LogP contribution < -0.4 is 0 Å². The number of methoxy groups -OCH3 is 2. The molecule has 1 heterocycles. The van der Waals surface area contributed by atoms with Crippen molar-refractivity contribution in [2.45, 2.75) is 25.7 Å². The third-order valence-corrected chi connectivity index (χ3v) is 2.39. The first-order chi connectivity index (χ1) is 9.17. The van der Waals surface area contributed by atoms with Crippen LogP contribution in [0.15, 0.2) is 17.0 Å². The highest BCUT2D eigenvalue weighted by molar-refractivity contribution is 5.94. The third kappa shape index (κ3) is 5.41. The molecule has 0 atom stereocenters. The fraction of sp³-hybridized carbons (Fsp3) is 0.583. The van der Waals surface area contributed by atoms with E-state index in [1.807, 2.05) is 0 Å². The van der Waals surface area contributed by atoms with E-state index in [0.717, 1.165) is 25.3 Å². The number of esters is 2.